The van der Waals surface area contributed by atoms with Crippen molar-refractivity contribution in [2.24, 2.45) is 11.3 Å². The lowest BCUT2D eigenvalue weighted by Gasteiger charge is -2.56. The summed E-state index contributed by atoms with van der Waals surface area (Å²) < 4.78 is 4.13. The minimum atomic E-state index is -0.139. The van der Waals surface area contributed by atoms with Crippen LogP contribution in [0, 0.1) is 18.3 Å². The summed E-state index contributed by atoms with van der Waals surface area (Å²) in [7, 11) is 0. The van der Waals surface area contributed by atoms with E-state index in [9.17, 15) is 9.59 Å². The van der Waals surface area contributed by atoms with Gasteiger partial charge in [0, 0.05) is 30.4 Å². The maximum atomic E-state index is 12.8. The van der Waals surface area contributed by atoms with Crippen LogP contribution >= 0.6 is 11.5 Å². The summed E-state index contributed by atoms with van der Waals surface area (Å²) in [5.74, 6) is 0.778. The molecule has 136 valence electrons. The Hall–Kier alpha value is -1.43. The summed E-state index contributed by atoms with van der Waals surface area (Å²) in [4.78, 5) is 28.0. The fourth-order valence-corrected chi connectivity index (χ4v) is 4.99. The highest BCUT2D eigenvalue weighted by molar-refractivity contribution is 7.05. The molecule has 1 aromatic heterocycles. The molecule has 3 aliphatic carbocycles. The second-order valence-electron chi connectivity index (χ2n) is 8.05. The summed E-state index contributed by atoms with van der Waals surface area (Å²) >= 11 is 1.34. The first-order valence-corrected chi connectivity index (χ1v) is 10.4. The fraction of sp³-hybridized carbons (Fsp3) is 0.737. The third-order valence-electron chi connectivity index (χ3n) is 6.43. The number of hydrogen-bond donors (Lipinski definition) is 1. The van der Waals surface area contributed by atoms with E-state index < -0.39 is 0 Å². The molecule has 3 fully saturated rings. The Morgan fingerprint density at radius 1 is 1.32 bits per heavy atom. The lowest BCUT2D eigenvalue weighted by molar-refractivity contribution is -0.139. The van der Waals surface area contributed by atoms with Crippen LogP contribution in [-0.2, 0) is 4.79 Å². The molecule has 4 rings (SSSR count). The Morgan fingerprint density at radius 2 is 2.12 bits per heavy atom. The number of amides is 2. The maximum absolute atomic E-state index is 12.8. The molecule has 0 bridgehead atoms. The Bertz CT molecular complexity index is 658. The summed E-state index contributed by atoms with van der Waals surface area (Å²) in [6.45, 7) is 3.07. The van der Waals surface area contributed by atoms with Crippen LogP contribution in [0.5, 0.6) is 0 Å². The quantitative estimate of drug-likeness (QED) is 0.811. The third-order valence-corrected chi connectivity index (χ3v) is 7.13. The summed E-state index contributed by atoms with van der Waals surface area (Å²) in [6, 6.07) is 2.21. The van der Waals surface area contributed by atoms with Crippen molar-refractivity contribution in [2.45, 2.75) is 64.3 Å². The molecule has 1 N–H and O–H groups in total. The molecule has 1 heterocycles. The molecule has 2 amide bonds. The van der Waals surface area contributed by atoms with Crippen molar-refractivity contribution in [3.05, 3.63) is 16.6 Å². The van der Waals surface area contributed by atoms with Crippen LogP contribution in [0.25, 0.3) is 0 Å². The zero-order valence-electron chi connectivity index (χ0n) is 14.9. The molecule has 1 aromatic rings. The van der Waals surface area contributed by atoms with Crippen molar-refractivity contribution in [3.8, 4) is 0 Å². The molecule has 0 aromatic carbocycles. The number of hydrogen-bond acceptors (Lipinski definition) is 4. The highest BCUT2D eigenvalue weighted by Gasteiger charge is 2.51. The van der Waals surface area contributed by atoms with Crippen molar-refractivity contribution >= 4 is 23.3 Å². The monoisotopic (exact) mass is 361 g/mol. The maximum Gasteiger partial charge on any atom is 0.271 e. The Kier molecular flexibility index (Phi) is 4.56. The van der Waals surface area contributed by atoms with Crippen LogP contribution in [0.4, 0.5) is 0 Å². The molecular formula is C19H27N3O2S. The van der Waals surface area contributed by atoms with E-state index in [1.807, 2.05) is 11.8 Å². The zero-order chi connectivity index (χ0) is 17.4. The first-order chi connectivity index (χ1) is 12.1. The molecule has 1 atom stereocenters. The molecule has 1 unspecified atom stereocenters. The second-order valence-corrected chi connectivity index (χ2v) is 9.06. The number of nitrogens with one attached hydrogen (secondary N) is 1. The zero-order valence-corrected chi connectivity index (χ0v) is 15.7. The van der Waals surface area contributed by atoms with E-state index in [-0.39, 0.29) is 5.91 Å². The van der Waals surface area contributed by atoms with E-state index in [0.717, 1.165) is 24.1 Å². The van der Waals surface area contributed by atoms with Gasteiger partial charge in [-0.1, -0.05) is 6.42 Å². The Morgan fingerprint density at radius 3 is 2.64 bits per heavy atom. The van der Waals surface area contributed by atoms with E-state index in [4.69, 9.17) is 0 Å². The number of nitrogens with zero attached hydrogens (tertiary/aromatic N) is 2. The number of aryl methyl sites for hydroxylation is 1. The summed E-state index contributed by atoms with van der Waals surface area (Å²) in [6.07, 6.45) is 9.51. The first kappa shape index (κ1) is 17.0. The third kappa shape index (κ3) is 3.46. The average molecular weight is 362 g/mol. The molecule has 0 saturated heterocycles. The molecule has 5 nitrogen and oxygen atoms in total. The van der Waals surface area contributed by atoms with Crippen molar-refractivity contribution in [3.63, 3.8) is 0 Å². The number of rotatable bonds is 7. The van der Waals surface area contributed by atoms with Gasteiger partial charge in [-0.15, -0.1) is 0 Å². The molecule has 3 saturated carbocycles. The van der Waals surface area contributed by atoms with Gasteiger partial charge in [-0.05, 0) is 74.4 Å². The highest BCUT2D eigenvalue weighted by atomic mass is 32.1. The minimum absolute atomic E-state index is 0.139. The largest absolute Gasteiger partial charge is 0.349 e. The van der Waals surface area contributed by atoms with E-state index in [2.05, 4.69) is 9.69 Å². The lowest BCUT2D eigenvalue weighted by atomic mass is 9.49. The predicted octanol–water partition coefficient (Wildman–Crippen LogP) is 3.14. The van der Waals surface area contributed by atoms with E-state index in [1.54, 1.807) is 6.07 Å². The standard InChI is InChI=1S/C19H27N3O2S/c1-13-11-16(21-25-13)18(24)20-9-10-22(15-3-4-15)17(23)12-14-5-8-19(14)6-2-7-19/h11,14-15H,2-10,12H2,1H3,(H,20,24). The van der Waals surface area contributed by atoms with Gasteiger partial charge in [0.25, 0.3) is 5.91 Å². The predicted molar refractivity (Wildman–Crippen MR) is 97.5 cm³/mol. The minimum Gasteiger partial charge on any atom is -0.349 e. The molecule has 3 aliphatic rings. The van der Waals surface area contributed by atoms with Crippen LogP contribution in [0.15, 0.2) is 6.07 Å². The van der Waals surface area contributed by atoms with E-state index in [1.165, 1.54) is 43.6 Å². The van der Waals surface area contributed by atoms with Gasteiger partial charge < -0.3 is 10.2 Å². The highest BCUT2D eigenvalue weighted by Crippen LogP contribution is 2.61. The van der Waals surface area contributed by atoms with Gasteiger partial charge in [0.2, 0.25) is 5.91 Å². The lowest BCUT2D eigenvalue weighted by Crippen LogP contribution is -2.49. The molecule has 0 radical (unpaired) electrons. The Labute approximate surface area is 153 Å². The normalized spacial score (nSPS) is 23.6. The first-order valence-electron chi connectivity index (χ1n) is 9.58. The fourth-order valence-electron chi connectivity index (χ4n) is 4.44. The van der Waals surface area contributed by atoms with Gasteiger partial charge in [0.05, 0.1) is 0 Å². The van der Waals surface area contributed by atoms with Crippen molar-refractivity contribution in [1.29, 1.82) is 0 Å². The van der Waals surface area contributed by atoms with Crippen molar-refractivity contribution in [2.75, 3.05) is 13.1 Å². The Balaban J connectivity index is 1.26. The van der Waals surface area contributed by atoms with Crippen LogP contribution in [0.2, 0.25) is 0 Å². The molecule has 0 aliphatic heterocycles. The van der Waals surface area contributed by atoms with Gasteiger partial charge >= 0.3 is 0 Å². The second kappa shape index (κ2) is 6.71. The van der Waals surface area contributed by atoms with Crippen LogP contribution < -0.4 is 5.32 Å². The van der Waals surface area contributed by atoms with Gasteiger partial charge in [0.15, 0.2) is 0 Å². The number of carbonyl (C=O) groups excluding carboxylic acids is 2. The number of aromatic nitrogens is 1. The molecule has 6 heteroatoms. The summed E-state index contributed by atoms with van der Waals surface area (Å²) in [5, 5.41) is 2.91. The average Bonchev–Trinajstić information content (AvgIpc) is 3.26. The van der Waals surface area contributed by atoms with Crippen LogP contribution in [-0.4, -0.2) is 40.2 Å². The molecule has 1 spiro atoms. The van der Waals surface area contributed by atoms with E-state index >= 15 is 0 Å². The van der Waals surface area contributed by atoms with Crippen LogP contribution in [0.3, 0.4) is 0 Å². The van der Waals surface area contributed by atoms with Gasteiger partial charge in [0.1, 0.15) is 5.69 Å². The van der Waals surface area contributed by atoms with Crippen molar-refractivity contribution < 1.29 is 9.59 Å². The SMILES string of the molecule is Cc1cc(C(=O)NCCN(C(=O)CC2CCC23CCC3)C2CC2)ns1. The smallest absolute Gasteiger partial charge is 0.271 e. The van der Waals surface area contributed by atoms with Gasteiger partial charge in [-0.25, -0.2) is 0 Å². The van der Waals surface area contributed by atoms with Crippen molar-refractivity contribution in [1.82, 2.24) is 14.6 Å². The topological polar surface area (TPSA) is 62.3 Å². The van der Waals surface area contributed by atoms with Gasteiger partial charge in [-0.3, -0.25) is 9.59 Å². The molecular weight excluding hydrogens is 334 g/mol. The van der Waals surface area contributed by atoms with Crippen LogP contribution in [0.1, 0.15) is 66.7 Å². The van der Waals surface area contributed by atoms with Gasteiger partial charge in [-0.2, -0.15) is 4.37 Å². The number of carbonyl (C=O) groups is 2. The summed E-state index contributed by atoms with van der Waals surface area (Å²) in [5.41, 5.74) is 1.01. The molecule has 25 heavy (non-hydrogen) atoms. The van der Waals surface area contributed by atoms with E-state index in [0.29, 0.717) is 42.1 Å².